The highest BCUT2D eigenvalue weighted by atomic mass is 35.5. The number of benzene rings is 2. The molecule has 0 heterocycles. The van der Waals surface area contributed by atoms with Crippen LogP contribution in [0.3, 0.4) is 0 Å². The van der Waals surface area contributed by atoms with Crippen molar-refractivity contribution in [3.8, 4) is 17.2 Å². The van der Waals surface area contributed by atoms with Crippen molar-refractivity contribution in [3.05, 3.63) is 52.5 Å². The van der Waals surface area contributed by atoms with Crippen LogP contribution in [0.1, 0.15) is 15.9 Å². The predicted molar refractivity (Wildman–Crippen MR) is 76.2 cm³/mol. The molecule has 0 bridgehead atoms. The molecule has 0 aliphatic rings. The van der Waals surface area contributed by atoms with E-state index in [4.69, 9.17) is 26.2 Å². The molecule has 0 fully saturated rings. The summed E-state index contributed by atoms with van der Waals surface area (Å²) in [7, 11) is 1.55. The molecule has 2 aromatic rings. The van der Waals surface area contributed by atoms with Gasteiger partial charge in [0.05, 0.1) is 17.7 Å². The van der Waals surface area contributed by atoms with Crippen molar-refractivity contribution in [1.29, 1.82) is 0 Å². The molecule has 0 aliphatic heterocycles. The third kappa shape index (κ3) is 3.03. The van der Waals surface area contributed by atoms with E-state index in [1.54, 1.807) is 13.2 Å². The quantitative estimate of drug-likeness (QED) is 0.920. The van der Waals surface area contributed by atoms with Gasteiger partial charge in [0.2, 0.25) is 0 Å². The Labute approximate surface area is 121 Å². The minimum Gasteiger partial charge on any atom is -0.493 e. The molecule has 2 rings (SSSR count). The maximum Gasteiger partial charge on any atom is 0.335 e. The summed E-state index contributed by atoms with van der Waals surface area (Å²) in [5.41, 5.74) is 1.12. The van der Waals surface area contributed by atoms with Crippen molar-refractivity contribution in [3.63, 3.8) is 0 Å². The highest BCUT2D eigenvalue weighted by molar-refractivity contribution is 6.32. The third-order valence-corrected chi connectivity index (χ3v) is 3.01. The summed E-state index contributed by atoms with van der Waals surface area (Å²) in [6.45, 7) is 1.93. The van der Waals surface area contributed by atoms with E-state index in [2.05, 4.69) is 0 Å². The van der Waals surface area contributed by atoms with Crippen molar-refractivity contribution < 1.29 is 19.4 Å². The number of carboxylic acid groups (broad SMARTS) is 1. The van der Waals surface area contributed by atoms with E-state index in [9.17, 15) is 4.79 Å². The van der Waals surface area contributed by atoms with Crippen LogP contribution in [0.25, 0.3) is 0 Å². The van der Waals surface area contributed by atoms with Gasteiger partial charge in [0, 0.05) is 0 Å². The molecular formula is C15H13ClO4. The van der Waals surface area contributed by atoms with Crippen LogP contribution in [0.4, 0.5) is 0 Å². The fourth-order valence-electron chi connectivity index (χ4n) is 1.70. The molecule has 0 atom stereocenters. The van der Waals surface area contributed by atoms with Gasteiger partial charge < -0.3 is 14.6 Å². The number of rotatable bonds is 4. The van der Waals surface area contributed by atoms with Crippen molar-refractivity contribution >= 4 is 17.6 Å². The Morgan fingerprint density at radius 3 is 2.40 bits per heavy atom. The first-order valence-electron chi connectivity index (χ1n) is 5.86. The van der Waals surface area contributed by atoms with Crippen LogP contribution < -0.4 is 9.47 Å². The predicted octanol–water partition coefficient (Wildman–Crippen LogP) is 4.15. The molecule has 1 N–H and O–H groups in total. The van der Waals surface area contributed by atoms with E-state index < -0.39 is 5.97 Å². The Kier molecular flexibility index (Phi) is 4.15. The van der Waals surface area contributed by atoms with Gasteiger partial charge in [-0.05, 0) is 42.8 Å². The zero-order valence-corrected chi connectivity index (χ0v) is 11.8. The van der Waals surface area contributed by atoms with Crippen LogP contribution in [0.2, 0.25) is 5.02 Å². The molecular weight excluding hydrogens is 280 g/mol. The number of aryl methyl sites for hydroxylation is 1. The number of carboxylic acids is 1. The van der Waals surface area contributed by atoms with Gasteiger partial charge in [0.25, 0.3) is 0 Å². The van der Waals surface area contributed by atoms with E-state index in [1.807, 2.05) is 19.1 Å². The van der Waals surface area contributed by atoms with Crippen molar-refractivity contribution in [1.82, 2.24) is 0 Å². The maximum absolute atomic E-state index is 10.8. The maximum atomic E-state index is 10.8. The normalized spacial score (nSPS) is 10.2. The van der Waals surface area contributed by atoms with Crippen LogP contribution in [0, 0.1) is 6.92 Å². The molecule has 0 aromatic heterocycles. The van der Waals surface area contributed by atoms with Gasteiger partial charge in [0.1, 0.15) is 5.75 Å². The van der Waals surface area contributed by atoms with Crippen LogP contribution in [0.15, 0.2) is 36.4 Å². The van der Waals surface area contributed by atoms with Gasteiger partial charge in [0.15, 0.2) is 11.5 Å². The first kappa shape index (κ1) is 14.2. The third-order valence-electron chi connectivity index (χ3n) is 2.72. The SMILES string of the molecule is COc1ccc(C)cc1Oc1ccc(C(=O)O)cc1Cl. The molecule has 0 amide bonds. The zero-order chi connectivity index (χ0) is 14.7. The molecule has 2 aromatic carbocycles. The zero-order valence-electron chi connectivity index (χ0n) is 11.0. The summed E-state index contributed by atoms with van der Waals surface area (Å²) in [6.07, 6.45) is 0. The topological polar surface area (TPSA) is 55.8 Å². The fraction of sp³-hybridized carbons (Fsp3) is 0.133. The lowest BCUT2D eigenvalue weighted by molar-refractivity contribution is 0.0697. The lowest BCUT2D eigenvalue weighted by Crippen LogP contribution is -1.97. The van der Waals surface area contributed by atoms with Crippen molar-refractivity contribution in [2.45, 2.75) is 6.92 Å². The summed E-state index contributed by atoms with van der Waals surface area (Å²) in [5, 5.41) is 9.12. The van der Waals surface area contributed by atoms with E-state index in [-0.39, 0.29) is 10.6 Å². The average molecular weight is 293 g/mol. The molecule has 0 saturated carbocycles. The highest BCUT2D eigenvalue weighted by Crippen LogP contribution is 2.35. The molecule has 0 aliphatic carbocycles. The number of hydrogen-bond acceptors (Lipinski definition) is 3. The molecule has 104 valence electrons. The Morgan fingerprint density at radius 2 is 1.80 bits per heavy atom. The van der Waals surface area contributed by atoms with Gasteiger partial charge in [-0.1, -0.05) is 17.7 Å². The smallest absolute Gasteiger partial charge is 0.335 e. The first-order chi connectivity index (χ1) is 9.51. The molecule has 0 unspecified atom stereocenters. The van der Waals surface area contributed by atoms with Crippen molar-refractivity contribution in [2.24, 2.45) is 0 Å². The minimum absolute atomic E-state index is 0.110. The van der Waals surface area contributed by atoms with Gasteiger partial charge in [-0.2, -0.15) is 0 Å². The van der Waals surface area contributed by atoms with Crippen LogP contribution in [-0.4, -0.2) is 18.2 Å². The number of ether oxygens (including phenoxy) is 2. The minimum atomic E-state index is -1.04. The van der Waals surface area contributed by atoms with Crippen LogP contribution >= 0.6 is 11.6 Å². The van der Waals surface area contributed by atoms with Crippen LogP contribution in [-0.2, 0) is 0 Å². The van der Waals surface area contributed by atoms with Gasteiger partial charge in [-0.15, -0.1) is 0 Å². The van der Waals surface area contributed by atoms with E-state index >= 15 is 0 Å². The van der Waals surface area contributed by atoms with E-state index in [0.717, 1.165) is 5.56 Å². The Balaban J connectivity index is 2.35. The second kappa shape index (κ2) is 5.84. The number of aromatic carboxylic acids is 1. The molecule has 0 saturated heterocycles. The second-order valence-electron chi connectivity index (χ2n) is 4.21. The number of halogens is 1. The Morgan fingerprint density at radius 1 is 1.10 bits per heavy atom. The van der Waals surface area contributed by atoms with E-state index in [0.29, 0.717) is 17.2 Å². The first-order valence-corrected chi connectivity index (χ1v) is 6.24. The van der Waals surface area contributed by atoms with E-state index in [1.165, 1.54) is 18.2 Å². The number of methoxy groups -OCH3 is 1. The Bertz CT molecular complexity index is 652. The molecule has 4 nitrogen and oxygen atoms in total. The summed E-state index contributed by atoms with van der Waals surface area (Å²) >= 11 is 6.03. The highest BCUT2D eigenvalue weighted by Gasteiger charge is 2.11. The molecule has 0 spiro atoms. The van der Waals surface area contributed by atoms with Crippen molar-refractivity contribution in [2.75, 3.05) is 7.11 Å². The molecule has 5 heteroatoms. The molecule has 20 heavy (non-hydrogen) atoms. The van der Waals surface area contributed by atoms with Gasteiger partial charge in [-0.25, -0.2) is 4.79 Å². The summed E-state index contributed by atoms with van der Waals surface area (Å²) in [4.78, 5) is 10.8. The standard InChI is InChI=1S/C15H13ClO4/c1-9-3-5-13(19-2)14(7-9)20-12-6-4-10(15(17)18)8-11(12)16/h3-8H,1-2H3,(H,17,18). The lowest BCUT2D eigenvalue weighted by atomic mass is 10.2. The summed E-state index contributed by atoms with van der Waals surface area (Å²) in [6, 6.07) is 9.83. The second-order valence-corrected chi connectivity index (χ2v) is 4.61. The average Bonchev–Trinajstić information content (AvgIpc) is 2.41. The lowest BCUT2D eigenvalue weighted by Gasteiger charge is -2.12. The Hall–Kier alpha value is -2.20. The van der Waals surface area contributed by atoms with Gasteiger partial charge in [-0.3, -0.25) is 0 Å². The fourth-order valence-corrected chi connectivity index (χ4v) is 1.92. The largest absolute Gasteiger partial charge is 0.493 e. The summed E-state index contributed by atoms with van der Waals surface area (Å²) < 4.78 is 10.9. The van der Waals surface area contributed by atoms with Crippen LogP contribution in [0.5, 0.6) is 17.2 Å². The monoisotopic (exact) mass is 292 g/mol. The number of carbonyl (C=O) groups is 1. The van der Waals surface area contributed by atoms with Gasteiger partial charge >= 0.3 is 5.97 Å². The summed E-state index contributed by atoms with van der Waals surface area (Å²) in [5.74, 6) is 0.443. The molecule has 0 radical (unpaired) electrons. The number of hydrogen-bond donors (Lipinski definition) is 1.